The zero-order valence-electron chi connectivity index (χ0n) is 8.08. The van der Waals surface area contributed by atoms with Gasteiger partial charge in [-0.3, -0.25) is 4.79 Å². The Hall–Kier alpha value is -0.650. The van der Waals surface area contributed by atoms with Crippen molar-refractivity contribution in [3.05, 3.63) is 0 Å². The van der Waals surface area contributed by atoms with Crippen LogP contribution >= 0.6 is 0 Å². The van der Waals surface area contributed by atoms with Crippen LogP contribution in [-0.4, -0.2) is 31.2 Å². The summed E-state index contributed by atoms with van der Waals surface area (Å²) in [7, 11) is 0. The largest absolute Gasteiger partial charge is 0.481 e. The van der Waals surface area contributed by atoms with E-state index in [1.807, 2.05) is 0 Å². The third-order valence-corrected chi connectivity index (χ3v) is 2.00. The summed E-state index contributed by atoms with van der Waals surface area (Å²) in [4.78, 5) is 10.8. The number of nitrogens with two attached hydrogens (primary N) is 1. The van der Waals surface area contributed by atoms with E-state index in [-0.39, 0.29) is 20.1 Å². The van der Waals surface area contributed by atoms with Crippen molar-refractivity contribution in [3.63, 3.8) is 0 Å². The maximum absolute atomic E-state index is 10.8. The van der Waals surface area contributed by atoms with Gasteiger partial charge in [0.05, 0.1) is 18.8 Å². The second kappa shape index (κ2) is 5.90. The molecule has 0 heterocycles. The van der Waals surface area contributed by atoms with E-state index in [1.165, 1.54) is 0 Å². The van der Waals surface area contributed by atoms with E-state index in [0.29, 0.717) is 6.42 Å². The number of hydrogen-bond acceptors (Lipinski definition) is 4. The molecule has 0 amide bonds. The number of carboxylic acid groups (broad SMARTS) is 1. The summed E-state index contributed by atoms with van der Waals surface area (Å²) in [6.07, 6.45) is 0.519. The summed E-state index contributed by atoms with van der Waals surface area (Å²) in [5.74, 6) is -0.859. The predicted octanol–water partition coefficient (Wildman–Crippen LogP) is 0.394. The molecule has 78 valence electrons. The van der Waals surface area contributed by atoms with Crippen molar-refractivity contribution in [1.29, 1.82) is 0 Å². The minimum atomic E-state index is -0.859. The van der Waals surface area contributed by atoms with Crippen LogP contribution in [0.15, 0.2) is 0 Å². The van der Waals surface area contributed by atoms with Gasteiger partial charge >= 0.3 is 5.97 Å². The smallest absolute Gasteiger partial charge is 0.311 e. The van der Waals surface area contributed by atoms with Gasteiger partial charge in [-0.05, 0) is 13.3 Å². The van der Waals surface area contributed by atoms with Crippen LogP contribution in [0.2, 0.25) is 0 Å². The van der Waals surface area contributed by atoms with Gasteiger partial charge in [0.2, 0.25) is 0 Å². The van der Waals surface area contributed by atoms with Gasteiger partial charge in [-0.2, -0.15) is 0 Å². The van der Waals surface area contributed by atoms with E-state index in [2.05, 4.69) is 0 Å². The molecule has 5 heteroatoms. The van der Waals surface area contributed by atoms with Crippen LogP contribution in [0.3, 0.4) is 0 Å². The topological polar surface area (TPSA) is 81.8 Å². The Morgan fingerprint density at radius 1 is 1.54 bits per heavy atom. The highest BCUT2D eigenvalue weighted by molar-refractivity contribution is 5.74. The summed E-state index contributed by atoms with van der Waals surface area (Å²) >= 11 is 0. The molecule has 0 bridgehead atoms. The Balaban J connectivity index is 3.78. The van der Waals surface area contributed by atoms with Crippen molar-refractivity contribution < 1.29 is 19.4 Å². The Kier molecular flexibility index (Phi) is 5.61. The molecule has 0 aliphatic rings. The molecule has 0 spiro atoms. The molecule has 0 saturated heterocycles. The Labute approximate surface area is 77.8 Å². The lowest BCUT2D eigenvalue weighted by atomic mass is 9.89. The quantitative estimate of drug-likeness (QED) is 0.449. The average Bonchev–Trinajstić information content (AvgIpc) is 2.12. The van der Waals surface area contributed by atoms with Gasteiger partial charge in [0.15, 0.2) is 0 Å². The molecule has 0 rings (SSSR count). The molecule has 0 aliphatic carbocycles. The fourth-order valence-corrected chi connectivity index (χ4v) is 0.689. The standard InChI is InChI=1S/C8H17NO4/c1-3-8(2,7(10)11)4-12-6-13-5-9/h3-6,9H2,1-2H3,(H,10,11). The molecule has 1 unspecified atom stereocenters. The molecule has 3 N–H and O–H groups in total. The monoisotopic (exact) mass is 191 g/mol. The van der Waals surface area contributed by atoms with E-state index >= 15 is 0 Å². The van der Waals surface area contributed by atoms with E-state index in [1.54, 1.807) is 13.8 Å². The van der Waals surface area contributed by atoms with E-state index in [0.717, 1.165) is 0 Å². The Bertz CT molecular complexity index is 162. The molecular weight excluding hydrogens is 174 g/mol. The number of ether oxygens (including phenoxy) is 2. The molecule has 0 fully saturated rings. The van der Waals surface area contributed by atoms with Crippen molar-refractivity contribution >= 4 is 5.97 Å². The Morgan fingerprint density at radius 3 is 2.54 bits per heavy atom. The molecule has 0 aliphatic heterocycles. The first-order valence-electron chi connectivity index (χ1n) is 4.15. The molecule has 0 saturated carbocycles. The van der Waals surface area contributed by atoms with Crippen LogP contribution in [0.25, 0.3) is 0 Å². The fraction of sp³-hybridized carbons (Fsp3) is 0.875. The van der Waals surface area contributed by atoms with Gasteiger partial charge in [-0.25, -0.2) is 0 Å². The van der Waals surface area contributed by atoms with Crippen LogP contribution in [-0.2, 0) is 14.3 Å². The first kappa shape index (κ1) is 12.3. The third-order valence-electron chi connectivity index (χ3n) is 2.00. The van der Waals surface area contributed by atoms with Crippen LogP contribution < -0.4 is 5.73 Å². The molecular formula is C8H17NO4. The summed E-state index contributed by atoms with van der Waals surface area (Å²) in [6.45, 7) is 3.70. The number of carboxylic acids is 1. The van der Waals surface area contributed by atoms with Crippen LogP contribution in [0.1, 0.15) is 20.3 Å². The van der Waals surface area contributed by atoms with E-state index in [9.17, 15) is 4.79 Å². The minimum absolute atomic E-state index is 0.0410. The molecule has 0 aromatic heterocycles. The van der Waals surface area contributed by atoms with Crippen LogP contribution in [0, 0.1) is 5.41 Å². The van der Waals surface area contributed by atoms with E-state index < -0.39 is 11.4 Å². The van der Waals surface area contributed by atoms with Gasteiger partial charge in [0, 0.05) is 0 Å². The van der Waals surface area contributed by atoms with Crippen LogP contribution in [0.4, 0.5) is 0 Å². The van der Waals surface area contributed by atoms with Gasteiger partial charge in [0.1, 0.15) is 6.79 Å². The number of carbonyl (C=O) groups is 1. The highest BCUT2D eigenvalue weighted by Crippen LogP contribution is 2.21. The zero-order valence-corrected chi connectivity index (χ0v) is 8.08. The highest BCUT2D eigenvalue weighted by atomic mass is 16.7. The summed E-state index contributed by atoms with van der Waals surface area (Å²) in [5.41, 5.74) is 4.22. The first-order valence-corrected chi connectivity index (χ1v) is 4.15. The molecule has 13 heavy (non-hydrogen) atoms. The van der Waals surface area contributed by atoms with Gasteiger partial charge in [-0.1, -0.05) is 6.92 Å². The second-order valence-corrected chi connectivity index (χ2v) is 3.06. The Morgan fingerprint density at radius 2 is 2.15 bits per heavy atom. The first-order chi connectivity index (χ1) is 6.06. The molecule has 1 atom stereocenters. The van der Waals surface area contributed by atoms with E-state index in [4.69, 9.17) is 20.3 Å². The average molecular weight is 191 g/mol. The fourth-order valence-electron chi connectivity index (χ4n) is 0.689. The lowest BCUT2D eigenvalue weighted by Gasteiger charge is -2.22. The highest BCUT2D eigenvalue weighted by Gasteiger charge is 2.31. The maximum Gasteiger partial charge on any atom is 0.311 e. The normalized spacial score (nSPS) is 15.3. The summed E-state index contributed by atoms with van der Waals surface area (Å²) in [6, 6.07) is 0. The lowest BCUT2D eigenvalue weighted by Crippen LogP contribution is -2.32. The van der Waals surface area contributed by atoms with Gasteiger partial charge in [-0.15, -0.1) is 0 Å². The second-order valence-electron chi connectivity index (χ2n) is 3.06. The molecule has 0 radical (unpaired) electrons. The predicted molar refractivity (Wildman–Crippen MR) is 47.0 cm³/mol. The molecule has 5 nitrogen and oxygen atoms in total. The van der Waals surface area contributed by atoms with Gasteiger partial charge in [0.25, 0.3) is 0 Å². The molecule has 0 aromatic rings. The zero-order chi connectivity index (χ0) is 10.3. The summed E-state index contributed by atoms with van der Waals surface area (Å²) in [5, 5.41) is 8.84. The van der Waals surface area contributed by atoms with Crippen molar-refractivity contribution in [2.45, 2.75) is 20.3 Å². The summed E-state index contributed by atoms with van der Waals surface area (Å²) < 4.78 is 9.72. The lowest BCUT2D eigenvalue weighted by molar-refractivity contribution is -0.156. The van der Waals surface area contributed by atoms with Crippen LogP contribution in [0.5, 0.6) is 0 Å². The van der Waals surface area contributed by atoms with Crippen molar-refractivity contribution in [2.75, 3.05) is 20.1 Å². The number of rotatable bonds is 7. The van der Waals surface area contributed by atoms with Crippen molar-refractivity contribution in [2.24, 2.45) is 11.1 Å². The van der Waals surface area contributed by atoms with Crippen molar-refractivity contribution in [3.8, 4) is 0 Å². The minimum Gasteiger partial charge on any atom is -0.481 e. The number of aliphatic carboxylic acids is 1. The number of hydrogen-bond donors (Lipinski definition) is 2. The van der Waals surface area contributed by atoms with Crippen molar-refractivity contribution in [1.82, 2.24) is 0 Å². The molecule has 0 aromatic carbocycles. The van der Waals surface area contributed by atoms with Gasteiger partial charge < -0.3 is 20.3 Å². The third kappa shape index (κ3) is 4.21. The SMILES string of the molecule is CCC(C)(COCOCN)C(=O)O. The maximum atomic E-state index is 10.8.